The van der Waals surface area contributed by atoms with Crippen molar-refractivity contribution in [3.63, 3.8) is 0 Å². The SMILES string of the molecule is [2H]c1nc(N(C)[C@@]2([2H])CN(C(=O)C[N+]#[C-])CC[C@H]2C)c2cc[nH]c2n1. The lowest BCUT2D eigenvalue weighted by atomic mass is 9.92. The highest BCUT2D eigenvalue weighted by atomic mass is 16.2. The van der Waals surface area contributed by atoms with E-state index >= 15 is 0 Å². The molecule has 1 aliphatic heterocycles. The number of likely N-dealkylation sites (tertiary alicyclic amines) is 1. The first-order valence-corrected chi connectivity index (χ1v) is 7.53. The van der Waals surface area contributed by atoms with Crippen molar-refractivity contribution in [1.82, 2.24) is 19.9 Å². The molecule has 1 amide bonds. The predicted molar refractivity (Wildman–Crippen MR) is 87.9 cm³/mol. The third-order valence-electron chi connectivity index (χ3n) is 4.35. The van der Waals surface area contributed by atoms with Crippen LogP contribution < -0.4 is 4.90 Å². The molecule has 23 heavy (non-hydrogen) atoms. The summed E-state index contributed by atoms with van der Waals surface area (Å²) in [7, 11) is 1.76. The van der Waals surface area contributed by atoms with Crippen molar-refractivity contribution in [3.8, 4) is 0 Å². The fourth-order valence-corrected chi connectivity index (χ4v) is 2.97. The number of hydrogen-bond acceptors (Lipinski definition) is 4. The predicted octanol–water partition coefficient (Wildman–Crippen LogP) is 1.55. The summed E-state index contributed by atoms with van der Waals surface area (Å²) in [5.74, 6) is 0.243. The number of nitrogens with zero attached hydrogens (tertiary/aromatic N) is 5. The fourth-order valence-electron chi connectivity index (χ4n) is 2.97. The Morgan fingerprint density at radius 3 is 3.30 bits per heavy atom. The van der Waals surface area contributed by atoms with Gasteiger partial charge in [0.1, 0.15) is 19.1 Å². The molecule has 0 spiro atoms. The molecule has 7 nitrogen and oxygen atoms in total. The van der Waals surface area contributed by atoms with Gasteiger partial charge in [-0.25, -0.2) is 16.5 Å². The molecule has 0 radical (unpaired) electrons. The van der Waals surface area contributed by atoms with Gasteiger partial charge in [-0.05, 0) is 18.4 Å². The van der Waals surface area contributed by atoms with E-state index in [0.29, 0.717) is 24.4 Å². The molecule has 3 rings (SSSR count). The van der Waals surface area contributed by atoms with Gasteiger partial charge in [0.25, 0.3) is 6.54 Å². The maximum absolute atomic E-state index is 12.1. The number of H-pyrrole nitrogens is 1. The summed E-state index contributed by atoms with van der Waals surface area (Å²) in [6.07, 6.45) is 2.28. The molecule has 120 valence electrons. The Hall–Kier alpha value is -2.62. The van der Waals surface area contributed by atoms with Crippen molar-refractivity contribution >= 4 is 22.8 Å². The number of piperidine rings is 1. The Morgan fingerprint density at radius 1 is 1.70 bits per heavy atom. The molecule has 0 unspecified atom stereocenters. The minimum Gasteiger partial charge on any atom is -0.354 e. The van der Waals surface area contributed by atoms with Crippen LogP contribution in [-0.4, -0.2) is 58.5 Å². The van der Waals surface area contributed by atoms with Gasteiger partial charge in [-0.1, -0.05) is 6.92 Å². The zero-order chi connectivity index (χ0) is 18.2. The molecule has 0 bridgehead atoms. The fraction of sp³-hybridized carbons (Fsp3) is 0.500. The molecular weight excluding hydrogens is 292 g/mol. The third-order valence-corrected chi connectivity index (χ3v) is 4.35. The van der Waals surface area contributed by atoms with Crippen molar-refractivity contribution in [3.05, 3.63) is 30.0 Å². The first-order valence-electron chi connectivity index (χ1n) is 8.53. The lowest BCUT2D eigenvalue weighted by molar-refractivity contribution is -0.130. The standard InChI is InChI=1S/C16H20N6O/c1-11-5-7-22(14(23)8-17-2)9-13(11)21(3)16-12-4-6-18-15(12)19-10-20-16/h4,6,10-11,13H,5,7-9H2,1,3H3,(H,18,19,20)/t11-,13+/m1/s1/i10D,13D. The number of rotatable bonds is 3. The maximum Gasteiger partial charge on any atom is 0.302 e. The van der Waals surface area contributed by atoms with Gasteiger partial charge in [0.05, 0.1) is 12.8 Å². The Morgan fingerprint density at radius 2 is 2.52 bits per heavy atom. The molecule has 1 N–H and O–H groups in total. The van der Waals surface area contributed by atoms with Gasteiger partial charge in [0.15, 0.2) is 0 Å². The molecule has 2 atom stereocenters. The molecule has 2 aromatic heterocycles. The Balaban J connectivity index is 1.98. The van der Waals surface area contributed by atoms with Crippen LogP contribution in [0, 0.1) is 12.5 Å². The van der Waals surface area contributed by atoms with Crippen molar-refractivity contribution in [1.29, 1.82) is 0 Å². The zero-order valence-corrected chi connectivity index (χ0v) is 13.2. The Labute approximate surface area is 137 Å². The highest BCUT2D eigenvalue weighted by molar-refractivity contribution is 5.87. The Bertz CT molecular complexity index is 847. The summed E-state index contributed by atoms with van der Waals surface area (Å²) in [5.41, 5.74) is 0.551. The van der Waals surface area contributed by atoms with Crippen molar-refractivity contribution < 1.29 is 7.54 Å². The second kappa shape index (κ2) is 6.24. The van der Waals surface area contributed by atoms with Crippen LogP contribution in [0.4, 0.5) is 5.82 Å². The number of fused-ring (bicyclic) bond motifs is 1. The lowest BCUT2D eigenvalue weighted by Crippen LogP contribution is -2.53. The molecule has 0 aliphatic carbocycles. The first-order chi connectivity index (χ1) is 11.9. The van der Waals surface area contributed by atoms with Gasteiger partial charge in [-0.2, -0.15) is 0 Å². The van der Waals surface area contributed by atoms with E-state index in [1.165, 1.54) is 0 Å². The number of nitrogens with one attached hydrogen (secondary N) is 1. The van der Waals surface area contributed by atoms with E-state index in [2.05, 4.69) is 19.8 Å². The topological polar surface area (TPSA) is 69.5 Å². The summed E-state index contributed by atoms with van der Waals surface area (Å²) in [4.78, 5) is 29.8. The third kappa shape index (κ3) is 2.84. The van der Waals surface area contributed by atoms with Gasteiger partial charge in [0.2, 0.25) is 0 Å². The van der Waals surface area contributed by atoms with Crippen LogP contribution in [0.25, 0.3) is 15.9 Å². The van der Waals surface area contributed by atoms with Crippen molar-refractivity contribution in [2.45, 2.75) is 19.4 Å². The van der Waals surface area contributed by atoms with E-state index in [-0.39, 0.29) is 31.2 Å². The monoisotopic (exact) mass is 314 g/mol. The van der Waals surface area contributed by atoms with Crippen molar-refractivity contribution in [2.24, 2.45) is 5.92 Å². The number of aromatic nitrogens is 3. The number of anilines is 1. The van der Waals surface area contributed by atoms with Gasteiger partial charge in [-0.3, -0.25) is 4.79 Å². The zero-order valence-electron chi connectivity index (χ0n) is 15.2. The number of amides is 1. The smallest absolute Gasteiger partial charge is 0.302 e. The summed E-state index contributed by atoms with van der Waals surface area (Å²) in [6.45, 7) is 9.42. The van der Waals surface area contributed by atoms with Crippen molar-refractivity contribution in [2.75, 3.05) is 31.6 Å². The van der Waals surface area contributed by atoms with Crippen LogP contribution in [0.15, 0.2) is 18.6 Å². The first kappa shape index (κ1) is 12.9. The quantitative estimate of drug-likeness (QED) is 0.873. The molecule has 0 saturated carbocycles. The van der Waals surface area contributed by atoms with Crippen LogP contribution in [0.2, 0.25) is 0 Å². The van der Waals surface area contributed by atoms with Crippen LogP contribution in [0.5, 0.6) is 0 Å². The second-order valence-corrected chi connectivity index (χ2v) is 5.76. The van der Waals surface area contributed by atoms with Gasteiger partial charge in [0, 0.05) is 26.3 Å². The largest absolute Gasteiger partial charge is 0.354 e. The molecule has 2 aromatic rings. The van der Waals surface area contributed by atoms with Crippen LogP contribution >= 0.6 is 0 Å². The van der Waals surface area contributed by atoms with E-state index in [0.717, 1.165) is 5.39 Å². The normalized spacial score (nSPS) is 25.6. The number of carbonyl (C=O) groups excluding carboxylic acids is 1. The molecule has 1 aliphatic rings. The molecule has 0 aromatic carbocycles. The molecule has 3 heterocycles. The second-order valence-electron chi connectivity index (χ2n) is 5.76. The van der Waals surface area contributed by atoms with Crippen LogP contribution in [0.3, 0.4) is 0 Å². The van der Waals surface area contributed by atoms with E-state index in [1.54, 1.807) is 23.0 Å². The van der Waals surface area contributed by atoms with E-state index in [1.807, 2.05) is 13.0 Å². The highest BCUT2D eigenvalue weighted by Crippen LogP contribution is 2.28. The van der Waals surface area contributed by atoms with Gasteiger partial charge < -0.3 is 19.6 Å². The molecular formula is C16H20N6O. The number of carbonyl (C=O) groups is 1. The average molecular weight is 314 g/mol. The van der Waals surface area contributed by atoms with Crippen LogP contribution in [0.1, 0.15) is 16.1 Å². The lowest BCUT2D eigenvalue weighted by Gasteiger charge is -2.41. The van der Waals surface area contributed by atoms with Gasteiger partial charge >= 0.3 is 5.91 Å². The molecule has 1 fully saturated rings. The molecule has 1 saturated heterocycles. The van der Waals surface area contributed by atoms with Gasteiger partial charge in [-0.15, -0.1) is 0 Å². The summed E-state index contributed by atoms with van der Waals surface area (Å²) < 4.78 is 16.9. The summed E-state index contributed by atoms with van der Waals surface area (Å²) >= 11 is 0. The minimum atomic E-state index is -1.10. The highest BCUT2D eigenvalue weighted by Gasteiger charge is 2.33. The number of aromatic amines is 1. The Kier molecular flexibility index (Phi) is 3.50. The van der Waals surface area contributed by atoms with E-state index in [4.69, 9.17) is 9.31 Å². The molecule has 7 heteroatoms. The van der Waals surface area contributed by atoms with E-state index < -0.39 is 6.02 Å². The average Bonchev–Trinajstić information content (AvgIpc) is 3.04. The summed E-state index contributed by atoms with van der Waals surface area (Å²) in [6, 6.07) is 0.723. The maximum atomic E-state index is 12.1. The van der Waals surface area contributed by atoms with E-state index in [9.17, 15) is 4.79 Å². The number of hydrogen-bond donors (Lipinski definition) is 1. The number of likely N-dealkylation sites (N-methyl/N-ethyl adjacent to an activating group) is 1. The van der Waals surface area contributed by atoms with Crippen LogP contribution in [-0.2, 0) is 4.79 Å². The summed E-state index contributed by atoms with van der Waals surface area (Å²) in [5, 5.41) is 0.738. The minimum absolute atomic E-state index is 0.00682.